The van der Waals surface area contributed by atoms with Crippen molar-refractivity contribution >= 4 is 15.9 Å². The van der Waals surface area contributed by atoms with Crippen molar-refractivity contribution < 1.29 is 14.2 Å². The zero-order valence-corrected chi connectivity index (χ0v) is 13.5. The largest absolute Gasteiger partial charge is 0.490 e. The lowest BCUT2D eigenvalue weighted by molar-refractivity contribution is 0.208. The highest BCUT2D eigenvalue weighted by atomic mass is 79.9. The molecule has 4 nitrogen and oxygen atoms in total. The van der Waals surface area contributed by atoms with Gasteiger partial charge in [-0.25, -0.2) is 0 Å². The van der Waals surface area contributed by atoms with E-state index in [9.17, 15) is 0 Å². The Morgan fingerprint density at radius 3 is 2.29 bits per heavy atom. The molecule has 1 aromatic carbocycles. The summed E-state index contributed by atoms with van der Waals surface area (Å²) in [6.45, 7) is 3.46. The lowest BCUT2D eigenvalue weighted by Crippen LogP contribution is -2.10. The Hall–Kier alpha value is -1.75. The van der Waals surface area contributed by atoms with Gasteiger partial charge in [-0.2, -0.15) is 0 Å². The van der Waals surface area contributed by atoms with E-state index in [0.717, 1.165) is 28.3 Å². The summed E-state index contributed by atoms with van der Waals surface area (Å²) in [6, 6.07) is 11.4. The molecule has 0 unspecified atom stereocenters. The first-order valence-corrected chi connectivity index (χ1v) is 7.94. The van der Waals surface area contributed by atoms with E-state index in [1.165, 1.54) is 0 Å². The number of benzene rings is 1. The number of rotatable bonds is 8. The summed E-state index contributed by atoms with van der Waals surface area (Å²) >= 11 is 3.36. The molecule has 0 aliphatic heterocycles. The minimum Gasteiger partial charge on any atom is -0.490 e. The van der Waals surface area contributed by atoms with Crippen molar-refractivity contribution in [3.05, 3.63) is 48.3 Å². The lowest BCUT2D eigenvalue weighted by atomic mass is 10.3. The minimum absolute atomic E-state index is 0.449. The van der Waals surface area contributed by atoms with Gasteiger partial charge in [-0.1, -0.05) is 28.1 Å². The van der Waals surface area contributed by atoms with Gasteiger partial charge in [0.25, 0.3) is 0 Å². The maximum Gasteiger partial charge on any atom is 0.161 e. The maximum absolute atomic E-state index is 5.68. The van der Waals surface area contributed by atoms with Gasteiger partial charge >= 0.3 is 0 Å². The first-order valence-electron chi connectivity index (χ1n) is 6.81. The number of nitrogens with zero attached hydrogens (tertiary/aromatic N) is 1. The van der Waals surface area contributed by atoms with Crippen molar-refractivity contribution in [1.29, 1.82) is 0 Å². The predicted octanol–water partition coefficient (Wildman–Crippen LogP) is 3.83. The SMILES string of the molecule is CCOc1ccccc1OCCOc1ccc(CBr)nc1. The highest BCUT2D eigenvalue weighted by molar-refractivity contribution is 9.08. The first-order chi connectivity index (χ1) is 10.3. The highest BCUT2D eigenvalue weighted by Crippen LogP contribution is 2.26. The zero-order valence-electron chi connectivity index (χ0n) is 11.9. The topological polar surface area (TPSA) is 40.6 Å². The second kappa shape index (κ2) is 8.52. The van der Waals surface area contributed by atoms with Crippen molar-refractivity contribution in [2.75, 3.05) is 19.8 Å². The molecule has 0 bridgehead atoms. The fourth-order valence-electron chi connectivity index (χ4n) is 1.73. The summed E-state index contributed by atoms with van der Waals surface area (Å²) in [5.74, 6) is 2.22. The predicted molar refractivity (Wildman–Crippen MR) is 85.5 cm³/mol. The molecule has 5 heteroatoms. The van der Waals surface area contributed by atoms with E-state index in [0.29, 0.717) is 19.8 Å². The Bertz CT molecular complexity index is 545. The fraction of sp³-hybridized carbons (Fsp3) is 0.312. The first kappa shape index (κ1) is 15.6. The summed E-state index contributed by atoms with van der Waals surface area (Å²) in [7, 11) is 0. The third-order valence-electron chi connectivity index (χ3n) is 2.69. The number of hydrogen-bond donors (Lipinski definition) is 0. The van der Waals surface area contributed by atoms with Crippen LogP contribution in [0.25, 0.3) is 0 Å². The Balaban J connectivity index is 1.79. The molecule has 0 aliphatic rings. The molecule has 1 heterocycles. The van der Waals surface area contributed by atoms with Crippen LogP contribution in [-0.2, 0) is 5.33 Å². The molecule has 0 spiro atoms. The summed E-state index contributed by atoms with van der Waals surface area (Å²) < 4.78 is 16.8. The molecule has 0 saturated carbocycles. The zero-order chi connectivity index (χ0) is 14.9. The van der Waals surface area contributed by atoms with Gasteiger partial charge in [0, 0.05) is 5.33 Å². The van der Waals surface area contributed by atoms with Crippen LogP contribution in [0.2, 0.25) is 0 Å². The number of para-hydroxylation sites is 2. The van der Waals surface area contributed by atoms with Gasteiger partial charge < -0.3 is 14.2 Å². The molecule has 2 rings (SSSR count). The molecule has 0 fully saturated rings. The third-order valence-corrected chi connectivity index (χ3v) is 3.27. The molecule has 21 heavy (non-hydrogen) atoms. The Morgan fingerprint density at radius 1 is 0.952 bits per heavy atom. The van der Waals surface area contributed by atoms with E-state index in [4.69, 9.17) is 14.2 Å². The van der Waals surface area contributed by atoms with Gasteiger partial charge in [-0.3, -0.25) is 4.98 Å². The standard InChI is InChI=1S/C16H18BrNO3/c1-2-19-15-5-3-4-6-16(15)21-10-9-20-14-8-7-13(11-17)18-12-14/h3-8,12H,2,9-11H2,1H3. The fourth-order valence-corrected chi connectivity index (χ4v) is 2.06. The lowest BCUT2D eigenvalue weighted by Gasteiger charge is -2.12. The number of aromatic nitrogens is 1. The van der Waals surface area contributed by atoms with Crippen LogP contribution in [0.4, 0.5) is 0 Å². The van der Waals surface area contributed by atoms with E-state index >= 15 is 0 Å². The highest BCUT2D eigenvalue weighted by Gasteiger charge is 2.03. The molecule has 0 amide bonds. The van der Waals surface area contributed by atoms with Crippen LogP contribution in [0.15, 0.2) is 42.6 Å². The summed E-state index contributed by atoms with van der Waals surface area (Å²) in [5, 5.41) is 0.741. The third kappa shape index (κ3) is 4.93. The van der Waals surface area contributed by atoms with Crippen LogP contribution >= 0.6 is 15.9 Å². The van der Waals surface area contributed by atoms with Gasteiger partial charge in [-0.05, 0) is 31.2 Å². The second-order valence-electron chi connectivity index (χ2n) is 4.20. The van der Waals surface area contributed by atoms with Crippen LogP contribution in [-0.4, -0.2) is 24.8 Å². The van der Waals surface area contributed by atoms with Crippen molar-refractivity contribution in [1.82, 2.24) is 4.98 Å². The summed E-state index contributed by atoms with van der Waals surface area (Å²) in [4.78, 5) is 4.24. The van der Waals surface area contributed by atoms with Crippen LogP contribution in [0.3, 0.4) is 0 Å². The van der Waals surface area contributed by atoms with Crippen LogP contribution in [0, 0.1) is 0 Å². The second-order valence-corrected chi connectivity index (χ2v) is 4.76. The van der Waals surface area contributed by atoms with Crippen LogP contribution < -0.4 is 14.2 Å². The van der Waals surface area contributed by atoms with Gasteiger partial charge in [0.2, 0.25) is 0 Å². The smallest absolute Gasteiger partial charge is 0.161 e. The molecule has 0 N–H and O–H groups in total. The molecule has 1 aromatic heterocycles. The minimum atomic E-state index is 0.449. The van der Waals surface area contributed by atoms with Crippen LogP contribution in [0.1, 0.15) is 12.6 Å². The number of ether oxygens (including phenoxy) is 3. The van der Waals surface area contributed by atoms with E-state index in [-0.39, 0.29) is 0 Å². The van der Waals surface area contributed by atoms with E-state index in [1.807, 2.05) is 43.3 Å². The summed E-state index contributed by atoms with van der Waals surface area (Å²) in [6.07, 6.45) is 1.71. The van der Waals surface area contributed by atoms with Gasteiger partial charge in [-0.15, -0.1) is 0 Å². The molecule has 0 radical (unpaired) electrons. The number of halogens is 1. The molecule has 2 aromatic rings. The van der Waals surface area contributed by atoms with E-state index in [1.54, 1.807) is 6.20 Å². The molecular formula is C16H18BrNO3. The van der Waals surface area contributed by atoms with Gasteiger partial charge in [0.1, 0.15) is 19.0 Å². The van der Waals surface area contributed by atoms with Crippen molar-refractivity contribution in [3.8, 4) is 17.2 Å². The number of pyridine rings is 1. The number of hydrogen-bond acceptors (Lipinski definition) is 4. The Morgan fingerprint density at radius 2 is 1.67 bits per heavy atom. The average Bonchev–Trinajstić information content (AvgIpc) is 2.54. The van der Waals surface area contributed by atoms with Crippen molar-refractivity contribution in [2.24, 2.45) is 0 Å². The van der Waals surface area contributed by atoms with Crippen LogP contribution in [0.5, 0.6) is 17.2 Å². The van der Waals surface area contributed by atoms with E-state index in [2.05, 4.69) is 20.9 Å². The molecule has 0 saturated heterocycles. The number of alkyl halides is 1. The van der Waals surface area contributed by atoms with Crippen molar-refractivity contribution in [2.45, 2.75) is 12.3 Å². The Kier molecular flexibility index (Phi) is 6.34. The molecular weight excluding hydrogens is 334 g/mol. The Labute approximate surface area is 133 Å². The van der Waals surface area contributed by atoms with Gasteiger partial charge in [0.15, 0.2) is 11.5 Å². The normalized spacial score (nSPS) is 10.2. The van der Waals surface area contributed by atoms with Gasteiger partial charge in [0.05, 0.1) is 18.5 Å². The quantitative estimate of drug-likeness (QED) is 0.535. The molecule has 0 aliphatic carbocycles. The molecule has 112 valence electrons. The average molecular weight is 352 g/mol. The maximum atomic E-state index is 5.68. The summed E-state index contributed by atoms with van der Waals surface area (Å²) in [5.41, 5.74) is 0.976. The van der Waals surface area contributed by atoms with E-state index < -0.39 is 0 Å². The van der Waals surface area contributed by atoms with Crippen molar-refractivity contribution in [3.63, 3.8) is 0 Å². The molecule has 0 atom stereocenters. The monoisotopic (exact) mass is 351 g/mol.